The van der Waals surface area contributed by atoms with Gasteiger partial charge < -0.3 is 5.73 Å². The van der Waals surface area contributed by atoms with Crippen molar-refractivity contribution in [3.63, 3.8) is 0 Å². The molecule has 18 heavy (non-hydrogen) atoms. The molecule has 3 aliphatic rings. The first kappa shape index (κ1) is 13.2. The molecule has 2 N–H and O–H groups in total. The van der Waals surface area contributed by atoms with E-state index >= 15 is 0 Å². The van der Waals surface area contributed by atoms with Crippen LogP contribution >= 0.6 is 11.8 Å². The highest BCUT2D eigenvalue weighted by atomic mass is 32.2. The van der Waals surface area contributed by atoms with Crippen LogP contribution in [-0.4, -0.2) is 65.1 Å². The van der Waals surface area contributed by atoms with E-state index in [4.69, 9.17) is 5.73 Å². The third kappa shape index (κ3) is 2.11. The SMILES string of the molecule is CC1SCCC1(CN)N1CCN2CCCCC2C1. The smallest absolute Gasteiger partial charge is 0.0456 e. The Bertz CT molecular complexity index is 299. The van der Waals surface area contributed by atoms with Crippen LogP contribution in [0.2, 0.25) is 0 Å². The first-order valence-corrected chi connectivity index (χ1v) is 8.62. The van der Waals surface area contributed by atoms with Crippen LogP contribution in [0.3, 0.4) is 0 Å². The van der Waals surface area contributed by atoms with E-state index < -0.39 is 0 Å². The first-order chi connectivity index (χ1) is 8.76. The average molecular weight is 269 g/mol. The van der Waals surface area contributed by atoms with Gasteiger partial charge in [-0.1, -0.05) is 13.3 Å². The summed E-state index contributed by atoms with van der Waals surface area (Å²) in [5.74, 6) is 1.29. The Balaban J connectivity index is 1.72. The molecule has 0 bridgehead atoms. The molecule has 3 aliphatic heterocycles. The van der Waals surface area contributed by atoms with Crippen LogP contribution in [0.4, 0.5) is 0 Å². The lowest BCUT2D eigenvalue weighted by atomic mass is 9.87. The summed E-state index contributed by atoms with van der Waals surface area (Å²) in [6.07, 6.45) is 5.53. The number of nitrogens with two attached hydrogens (primary N) is 1. The monoisotopic (exact) mass is 269 g/mol. The zero-order valence-corrected chi connectivity index (χ0v) is 12.4. The molecule has 0 radical (unpaired) electrons. The van der Waals surface area contributed by atoms with Gasteiger partial charge in [0.15, 0.2) is 0 Å². The second kappa shape index (κ2) is 5.31. The molecule has 104 valence electrons. The van der Waals surface area contributed by atoms with Gasteiger partial charge in [0.05, 0.1) is 0 Å². The third-order valence-electron chi connectivity index (χ3n) is 5.48. The number of piperazine rings is 1. The molecule has 3 atom stereocenters. The molecule has 3 rings (SSSR count). The quantitative estimate of drug-likeness (QED) is 0.821. The Morgan fingerprint density at radius 3 is 2.89 bits per heavy atom. The number of fused-ring (bicyclic) bond motifs is 1. The minimum atomic E-state index is 0.300. The summed E-state index contributed by atoms with van der Waals surface area (Å²) in [7, 11) is 0. The van der Waals surface area contributed by atoms with Crippen molar-refractivity contribution in [3.05, 3.63) is 0 Å². The Kier molecular flexibility index (Phi) is 3.90. The zero-order chi connectivity index (χ0) is 12.6. The van der Waals surface area contributed by atoms with E-state index in [0.717, 1.165) is 12.6 Å². The lowest BCUT2D eigenvalue weighted by Gasteiger charge is -2.51. The van der Waals surface area contributed by atoms with E-state index in [1.54, 1.807) is 0 Å². The van der Waals surface area contributed by atoms with E-state index in [1.807, 2.05) is 0 Å². The summed E-state index contributed by atoms with van der Waals surface area (Å²) < 4.78 is 0. The Morgan fingerprint density at radius 2 is 2.17 bits per heavy atom. The van der Waals surface area contributed by atoms with Crippen LogP contribution in [-0.2, 0) is 0 Å². The van der Waals surface area contributed by atoms with Crippen LogP contribution in [0.1, 0.15) is 32.6 Å². The summed E-state index contributed by atoms with van der Waals surface area (Å²) in [5, 5.41) is 0.706. The van der Waals surface area contributed by atoms with Crippen LogP contribution in [0, 0.1) is 0 Å². The molecule has 3 fully saturated rings. The Labute approximate surface area is 115 Å². The third-order valence-corrected chi connectivity index (χ3v) is 6.86. The van der Waals surface area contributed by atoms with Gasteiger partial charge in [-0.25, -0.2) is 0 Å². The van der Waals surface area contributed by atoms with E-state index in [1.165, 1.54) is 57.6 Å². The van der Waals surface area contributed by atoms with Gasteiger partial charge in [0, 0.05) is 43.0 Å². The van der Waals surface area contributed by atoms with E-state index in [9.17, 15) is 0 Å². The van der Waals surface area contributed by atoms with Gasteiger partial charge in [-0.05, 0) is 31.6 Å². The van der Waals surface area contributed by atoms with Crippen molar-refractivity contribution in [2.45, 2.75) is 49.4 Å². The molecule has 0 aromatic heterocycles. The fourth-order valence-corrected chi connectivity index (χ4v) is 5.64. The maximum atomic E-state index is 6.19. The molecule has 0 aromatic rings. The number of rotatable bonds is 2. The first-order valence-electron chi connectivity index (χ1n) is 7.57. The molecule has 0 aromatic carbocycles. The van der Waals surface area contributed by atoms with Crippen molar-refractivity contribution in [3.8, 4) is 0 Å². The summed E-state index contributed by atoms with van der Waals surface area (Å²) in [4.78, 5) is 5.47. The molecule has 3 unspecified atom stereocenters. The number of nitrogens with zero attached hydrogens (tertiary/aromatic N) is 2. The molecule has 0 amide bonds. The average Bonchev–Trinajstić information content (AvgIpc) is 2.80. The molecule has 4 heteroatoms. The summed E-state index contributed by atoms with van der Waals surface area (Å²) in [6.45, 7) is 8.33. The van der Waals surface area contributed by atoms with Crippen molar-refractivity contribution in [2.75, 3.05) is 38.5 Å². The standard InChI is InChI=1S/C14H27N3S/c1-12-14(11-15,5-9-18-12)17-8-7-16-6-3-2-4-13(16)10-17/h12-13H,2-11,15H2,1H3. The van der Waals surface area contributed by atoms with Gasteiger partial charge in [0.25, 0.3) is 0 Å². The second-order valence-corrected chi connectivity index (χ2v) is 7.65. The normalized spacial score (nSPS) is 43.0. The van der Waals surface area contributed by atoms with Crippen molar-refractivity contribution < 1.29 is 0 Å². The number of thioether (sulfide) groups is 1. The van der Waals surface area contributed by atoms with Gasteiger partial charge >= 0.3 is 0 Å². The summed E-state index contributed by atoms with van der Waals surface area (Å²) >= 11 is 2.12. The Hall–Kier alpha value is 0.230. The number of hydrogen-bond donors (Lipinski definition) is 1. The van der Waals surface area contributed by atoms with Gasteiger partial charge in [-0.2, -0.15) is 11.8 Å². The van der Waals surface area contributed by atoms with E-state index in [2.05, 4.69) is 28.5 Å². The summed E-state index contributed by atoms with van der Waals surface area (Å²) in [6, 6.07) is 0.814. The second-order valence-electron chi connectivity index (χ2n) is 6.20. The maximum Gasteiger partial charge on any atom is 0.0456 e. The van der Waals surface area contributed by atoms with Gasteiger partial charge in [0.1, 0.15) is 0 Å². The molecule has 3 heterocycles. The van der Waals surface area contributed by atoms with Gasteiger partial charge in [-0.3, -0.25) is 9.80 Å². The predicted molar refractivity (Wildman–Crippen MR) is 79.1 cm³/mol. The predicted octanol–water partition coefficient (Wildman–Crippen LogP) is 1.38. The number of hydrogen-bond acceptors (Lipinski definition) is 4. The largest absolute Gasteiger partial charge is 0.329 e. The highest BCUT2D eigenvalue weighted by Gasteiger charge is 2.46. The fourth-order valence-electron chi connectivity index (χ4n) is 4.14. The highest BCUT2D eigenvalue weighted by Crippen LogP contribution is 2.41. The van der Waals surface area contributed by atoms with Gasteiger partial charge in [0.2, 0.25) is 0 Å². The zero-order valence-electron chi connectivity index (χ0n) is 11.6. The molecule has 0 saturated carbocycles. The number of piperidine rings is 1. The van der Waals surface area contributed by atoms with E-state index in [0.29, 0.717) is 10.8 Å². The molecule has 3 saturated heterocycles. The lowest BCUT2D eigenvalue weighted by Crippen LogP contribution is -2.65. The fraction of sp³-hybridized carbons (Fsp3) is 1.00. The van der Waals surface area contributed by atoms with Crippen LogP contribution in [0.5, 0.6) is 0 Å². The van der Waals surface area contributed by atoms with Crippen molar-refractivity contribution >= 4 is 11.8 Å². The molecule has 3 nitrogen and oxygen atoms in total. The van der Waals surface area contributed by atoms with Crippen LogP contribution < -0.4 is 5.73 Å². The highest BCUT2D eigenvalue weighted by molar-refractivity contribution is 8.00. The maximum absolute atomic E-state index is 6.19. The molecular weight excluding hydrogens is 242 g/mol. The van der Waals surface area contributed by atoms with Crippen molar-refractivity contribution in [2.24, 2.45) is 5.73 Å². The van der Waals surface area contributed by atoms with Crippen molar-refractivity contribution in [1.29, 1.82) is 0 Å². The Morgan fingerprint density at radius 1 is 1.28 bits per heavy atom. The molecule has 0 spiro atoms. The van der Waals surface area contributed by atoms with E-state index in [-0.39, 0.29) is 0 Å². The molecular formula is C14H27N3S. The summed E-state index contributed by atoms with van der Waals surface area (Å²) in [5.41, 5.74) is 6.49. The minimum Gasteiger partial charge on any atom is -0.329 e. The van der Waals surface area contributed by atoms with Gasteiger partial charge in [-0.15, -0.1) is 0 Å². The van der Waals surface area contributed by atoms with Crippen LogP contribution in [0.15, 0.2) is 0 Å². The topological polar surface area (TPSA) is 32.5 Å². The lowest BCUT2D eigenvalue weighted by molar-refractivity contribution is -0.00920. The van der Waals surface area contributed by atoms with Crippen LogP contribution in [0.25, 0.3) is 0 Å². The van der Waals surface area contributed by atoms with Crippen molar-refractivity contribution in [1.82, 2.24) is 9.80 Å². The minimum absolute atomic E-state index is 0.300. The molecule has 0 aliphatic carbocycles.